The van der Waals surface area contributed by atoms with Crippen LogP contribution in [0.4, 0.5) is 5.69 Å². The Morgan fingerprint density at radius 3 is 2.57 bits per heavy atom. The Labute approximate surface area is 81.6 Å². The predicted octanol–water partition coefficient (Wildman–Crippen LogP) is 1.77. The molecule has 1 heterocycles. The average molecular weight is 192 g/mol. The minimum absolute atomic E-state index is 0.629. The molecule has 0 fully saturated rings. The van der Waals surface area contributed by atoms with Crippen molar-refractivity contribution in [3.63, 3.8) is 0 Å². The molecule has 14 heavy (non-hydrogen) atoms. The number of methoxy groups -OCH3 is 2. The highest BCUT2D eigenvalue weighted by Crippen LogP contribution is 2.36. The second-order valence-electron chi connectivity index (χ2n) is 2.96. The standard InChI is InChI=1S/C10H12N2O2/c1-13-7-5-8(14-2)10-6(9(7)11)3-4-12-10/h3-5,12H,11H2,1-2H3. The van der Waals surface area contributed by atoms with Crippen LogP contribution in [0.3, 0.4) is 0 Å². The Morgan fingerprint density at radius 2 is 1.93 bits per heavy atom. The van der Waals surface area contributed by atoms with Gasteiger partial charge < -0.3 is 20.2 Å². The van der Waals surface area contributed by atoms with E-state index in [4.69, 9.17) is 15.2 Å². The number of benzene rings is 1. The van der Waals surface area contributed by atoms with Crippen molar-refractivity contribution in [1.82, 2.24) is 4.98 Å². The Hall–Kier alpha value is -1.84. The molecule has 0 aliphatic rings. The molecule has 0 radical (unpaired) electrons. The van der Waals surface area contributed by atoms with Gasteiger partial charge in [0, 0.05) is 17.6 Å². The second kappa shape index (κ2) is 3.14. The number of ether oxygens (including phenoxy) is 2. The zero-order valence-corrected chi connectivity index (χ0v) is 8.13. The Bertz CT molecular complexity index is 462. The van der Waals surface area contributed by atoms with Gasteiger partial charge in [-0.05, 0) is 6.07 Å². The lowest BCUT2D eigenvalue weighted by molar-refractivity contribution is 0.399. The summed E-state index contributed by atoms with van der Waals surface area (Å²) in [6.07, 6.45) is 1.82. The highest BCUT2D eigenvalue weighted by Gasteiger charge is 2.10. The van der Waals surface area contributed by atoms with Gasteiger partial charge in [0.15, 0.2) is 0 Å². The Kier molecular flexibility index (Phi) is 1.96. The summed E-state index contributed by atoms with van der Waals surface area (Å²) in [5.41, 5.74) is 7.42. The Morgan fingerprint density at radius 1 is 1.21 bits per heavy atom. The summed E-state index contributed by atoms with van der Waals surface area (Å²) < 4.78 is 10.4. The van der Waals surface area contributed by atoms with Gasteiger partial charge in [-0.15, -0.1) is 0 Å². The first-order valence-corrected chi connectivity index (χ1v) is 4.25. The fraction of sp³-hybridized carbons (Fsp3) is 0.200. The SMILES string of the molecule is COc1cc(OC)c2[nH]ccc2c1N. The minimum atomic E-state index is 0.629. The first-order valence-electron chi connectivity index (χ1n) is 4.25. The number of hydrogen-bond donors (Lipinski definition) is 2. The van der Waals surface area contributed by atoms with E-state index in [0.29, 0.717) is 11.4 Å². The van der Waals surface area contributed by atoms with E-state index >= 15 is 0 Å². The molecule has 0 saturated heterocycles. The zero-order valence-electron chi connectivity index (χ0n) is 8.13. The predicted molar refractivity (Wildman–Crippen MR) is 55.8 cm³/mol. The van der Waals surface area contributed by atoms with Crippen molar-refractivity contribution in [2.45, 2.75) is 0 Å². The van der Waals surface area contributed by atoms with Crippen molar-refractivity contribution in [3.05, 3.63) is 18.3 Å². The van der Waals surface area contributed by atoms with Crippen LogP contribution in [0.5, 0.6) is 11.5 Å². The van der Waals surface area contributed by atoms with Crippen molar-refractivity contribution in [2.75, 3.05) is 20.0 Å². The Balaban J connectivity index is 2.80. The van der Waals surface area contributed by atoms with Crippen LogP contribution in [0.1, 0.15) is 0 Å². The molecule has 2 aromatic rings. The van der Waals surface area contributed by atoms with Gasteiger partial charge in [-0.25, -0.2) is 0 Å². The normalized spacial score (nSPS) is 10.4. The average Bonchev–Trinajstić information content (AvgIpc) is 2.68. The summed E-state index contributed by atoms with van der Waals surface area (Å²) in [4.78, 5) is 3.07. The van der Waals surface area contributed by atoms with Gasteiger partial charge in [0.05, 0.1) is 25.4 Å². The number of anilines is 1. The lowest BCUT2D eigenvalue weighted by atomic mass is 10.2. The molecule has 0 bridgehead atoms. The molecular formula is C10H12N2O2. The third-order valence-corrected chi connectivity index (χ3v) is 2.25. The molecule has 4 nitrogen and oxygen atoms in total. The van der Waals surface area contributed by atoms with E-state index in [2.05, 4.69) is 4.98 Å². The topological polar surface area (TPSA) is 60.3 Å². The van der Waals surface area contributed by atoms with Crippen molar-refractivity contribution in [2.24, 2.45) is 0 Å². The lowest BCUT2D eigenvalue weighted by Gasteiger charge is -2.09. The molecule has 0 unspecified atom stereocenters. The summed E-state index contributed by atoms with van der Waals surface area (Å²) in [7, 11) is 3.20. The number of H-pyrrole nitrogens is 1. The van der Waals surface area contributed by atoms with Crippen molar-refractivity contribution >= 4 is 16.6 Å². The van der Waals surface area contributed by atoms with E-state index in [0.717, 1.165) is 16.7 Å². The van der Waals surface area contributed by atoms with Gasteiger partial charge in [0.2, 0.25) is 0 Å². The first kappa shape index (κ1) is 8.74. The highest BCUT2D eigenvalue weighted by molar-refractivity contribution is 5.98. The number of aromatic amines is 1. The van der Waals surface area contributed by atoms with E-state index in [1.54, 1.807) is 20.3 Å². The van der Waals surface area contributed by atoms with Crippen LogP contribution < -0.4 is 15.2 Å². The molecular weight excluding hydrogens is 180 g/mol. The largest absolute Gasteiger partial charge is 0.494 e. The van der Waals surface area contributed by atoms with E-state index in [1.165, 1.54) is 0 Å². The zero-order chi connectivity index (χ0) is 10.1. The number of fused-ring (bicyclic) bond motifs is 1. The maximum absolute atomic E-state index is 5.90. The van der Waals surface area contributed by atoms with Crippen molar-refractivity contribution in [3.8, 4) is 11.5 Å². The second-order valence-corrected chi connectivity index (χ2v) is 2.96. The van der Waals surface area contributed by atoms with Gasteiger partial charge in [0.25, 0.3) is 0 Å². The molecule has 1 aromatic carbocycles. The van der Waals surface area contributed by atoms with Gasteiger partial charge in [0.1, 0.15) is 11.5 Å². The molecule has 2 rings (SSSR count). The third kappa shape index (κ3) is 1.08. The van der Waals surface area contributed by atoms with Gasteiger partial charge in [-0.1, -0.05) is 0 Å². The van der Waals surface area contributed by atoms with Crippen LogP contribution in [0.2, 0.25) is 0 Å². The quantitative estimate of drug-likeness (QED) is 0.713. The maximum atomic E-state index is 5.90. The van der Waals surface area contributed by atoms with Crippen LogP contribution >= 0.6 is 0 Å². The van der Waals surface area contributed by atoms with E-state index in [-0.39, 0.29) is 0 Å². The van der Waals surface area contributed by atoms with Gasteiger partial charge in [-0.3, -0.25) is 0 Å². The molecule has 74 valence electrons. The molecule has 0 aliphatic heterocycles. The maximum Gasteiger partial charge on any atom is 0.146 e. The highest BCUT2D eigenvalue weighted by atomic mass is 16.5. The summed E-state index contributed by atoms with van der Waals surface area (Å²) in [5.74, 6) is 1.37. The first-order chi connectivity index (χ1) is 6.77. The van der Waals surface area contributed by atoms with Crippen molar-refractivity contribution in [1.29, 1.82) is 0 Å². The number of nitrogens with two attached hydrogens (primary N) is 1. The van der Waals surface area contributed by atoms with Crippen LogP contribution in [-0.4, -0.2) is 19.2 Å². The molecule has 1 aromatic heterocycles. The summed E-state index contributed by atoms with van der Waals surface area (Å²) in [6, 6.07) is 3.67. The lowest BCUT2D eigenvalue weighted by Crippen LogP contribution is -1.95. The molecule has 3 N–H and O–H groups in total. The number of hydrogen-bond acceptors (Lipinski definition) is 3. The molecule has 0 atom stereocenters. The summed E-state index contributed by atoms with van der Waals surface area (Å²) in [6.45, 7) is 0. The van der Waals surface area contributed by atoms with E-state index in [9.17, 15) is 0 Å². The summed E-state index contributed by atoms with van der Waals surface area (Å²) in [5, 5.41) is 0.918. The van der Waals surface area contributed by atoms with Crippen LogP contribution in [-0.2, 0) is 0 Å². The molecule has 0 aliphatic carbocycles. The van der Waals surface area contributed by atoms with Crippen LogP contribution in [0, 0.1) is 0 Å². The number of nitrogen functional groups attached to an aromatic ring is 1. The number of nitrogens with one attached hydrogen (secondary N) is 1. The molecule has 0 spiro atoms. The van der Waals surface area contributed by atoms with Crippen LogP contribution in [0.15, 0.2) is 18.3 Å². The third-order valence-electron chi connectivity index (χ3n) is 2.25. The van der Waals surface area contributed by atoms with E-state index < -0.39 is 0 Å². The molecule has 4 heteroatoms. The number of rotatable bonds is 2. The number of aromatic nitrogens is 1. The van der Waals surface area contributed by atoms with Gasteiger partial charge in [-0.2, -0.15) is 0 Å². The minimum Gasteiger partial charge on any atom is -0.494 e. The fourth-order valence-electron chi connectivity index (χ4n) is 1.53. The van der Waals surface area contributed by atoms with Crippen LogP contribution in [0.25, 0.3) is 10.9 Å². The molecule has 0 amide bonds. The van der Waals surface area contributed by atoms with E-state index in [1.807, 2.05) is 12.3 Å². The smallest absolute Gasteiger partial charge is 0.146 e. The molecule has 0 saturated carbocycles. The van der Waals surface area contributed by atoms with Crippen molar-refractivity contribution < 1.29 is 9.47 Å². The monoisotopic (exact) mass is 192 g/mol. The fourth-order valence-corrected chi connectivity index (χ4v) is 1.53. The summed E-state index contributed by atoms with van der Waals surface area (Å²) >= 11 is 0. The van der Waals surface area contributed by atoms with Gasteiger partial charge >= 0.3 is 0 Å².